The van der Waals surface area contributed by atoms with E-state index in [2.05, 4.69) is 25.8 Å². The number of nitro benzene ring substituents is 1. The second kappa shape index (κ2) is 15.0. The molecule has 0 aliphatic carbocycles. The van der Waals surface area contributed by atoms with Crippen LogP contribution in [0.25, 0.3) is 10.8 Å². The summed E-state index contributed by atoms with van der Waals surface area (Å²) in [5.74, 6) is -1.38. The topological polar surface area (TPSA) is 292 Å². The van der Waals surface area contributed by atoms with Gasteiger partial charge in [0.05, 0.1) is 44.3 Å². The molecule has 234 valence electrons. The number of methoxy groups -OCH3 is 1. The number of hydrogen-bond acceptors (Lipinski definition) is 16. The maximum atomic E-state index is 11.9. The molecular weight excluding hydrogens is 652 g/mol. The molecule has 4 N–H and O–H groups in total. The molecule has 22 heteroatoms. The number of amides is 1. The number of azo groups is 2. The third kappa shape index (κ3) is 8.71. The molecule has 0 unspecified atom stereocenters. The Balaban J connectivity index is 0.00000384. The fourth-order valence-corrected chi connectivity index (χ4v) is 5.39. The molecule has 0 aliphatic heterocycles. The van der Waals surface area contributed by atoms with E-state index >= 15 is 0 Å². The second-order valence-corrected chi connectivity index (χ2v) is 11.6. The molecular formula is C25H19Li2N7O11S2. The summed E-state index contributed by atoms with van der Waals surface area (Å²) in [6.45, 7) is 1.22. The van der Waals surface area contributed by atoms with Crippen LogP contribution >= 0.6 is 0 Å². The summed E-state index contributed by atoms with van der Waals surface area (Å²) >= 11 is 0. The van der Waals surface area contributed by atoms with Crippen LogP contribution in [0, 0.1) is 10.1 Å². The van der Waals surface area contributed by atoms with E-state index in [-0.39, 0.29) is 71.9 Å². The number of hydrogen-bond donors (Lipinski definition) is 3. The summed E-state index contributed by atoms with van der Waals surface area (Å²) in [5.41, 5.74) is 4.79. The second-order valence-electron chi connectivity index (χ2n) is 8.95. The van der Waals surface area contributed by atoms with E-state index in [9.17, 15) is 46.0 Å². The summed E-state index contributed by atoms with van der Waals surface area (Å²) in [5, 5.41) is 39.1. The number of nitrogens with one attached hydrogen (secondary N) is 1. The minimum Gasteiger partial charge on any atom is -0.744 e. The molecule has 0 heterocycles. The van der Waals surface area contributed by atoms with Gasteiger partial charge < -0.3 is 30.0 Å². The van der Waals surface area contributed by atoms with Crippen LogP contribution in [0.15, 0.2) is 84.8 Å². The number of non-ortho nitro benzene ring substituents is 1. The largest absolute Gasteiger partial charge is 1.00 e. The number of aromatic hydroxyl groups is 1. The predicted molar refractivity (Wildman–Crippen MR) is 155 cm³/mol. The first-order valence-corrected chi connectivity index (χ1v) is 14.9. The number of carbonyl (C=O) groups excluding carboxylic acids is 1. The molecule has 4 aromatic carbocycles. The zero-order valence-corrected chi connectivity index (χ0v) is 26.5. The van der Waals surface area contributed by atoms with Crippen molar-refractivity contribution in [1.29, 1.82) is 0 Å². The first-order valence-electron chi connectivity index (χ1n) is 12.1. The van der Waals surface area contributed by atoms with Crippen molar-refractivity contribution in [1.82, 2.24) is 0 Å². The summed E-state index contributed by atoms with van der Waals surface area (Å²) in [7, 11) is -9.45. The van der Waals surface area contributed by atoms with E-state index in [4.69, 9.17) is 10.5 Å². The number of nitrogens with zero attached hydrogens (tertiary/aromatic N) is 5. The van der Waals surface area contributed by atoms with Crippen molar-refractivity contribution < 1.29 is 83.2 Å². The van der Waals surface area contributed by atoms with Gasteiger partial charge in [-0.05, 0) is 30.3 Å². The first kappa shape index (κ1) is 38.8. The smallest absolute Gasteiger partial charge is 0.744 e. The van der Waals surface area contributed by atoms with Crippen molar-refractivity contribution in [2.24, 2.45) is 20.5 Å². The Morgan fingerprint density at radius 1 is 0.872 bits per heavy atom. The number of phenols is 1. The molecule has 0 radical (unpaired) electrons. The predicted octanol–water partition coefficient (Wildman–Crippen LogP) is -1.35. The van der Waals surface area contributed by atoms with Crippen molar-refractivity contribution in [2.45, 2.75) is 16.7 Å². The van der Waals surface area contributed by atoms with Gasteiger partial charge in [0.15, 0.2) is 5.75 Å². The third-order valence-electron chi connectivity index (χ3n) is 5.96. The molecule has 0 aliphatic rings. The number of nitrogen functional groups attached to an aromatic ring is 1. The number of phenolic OH excluding ortho intramolecular Hbond substituents is 1. The standard InChI is InChI=1S/C25H21N7O11S2.2Li/c1-12(33)27-17-9-19(20(43-2)10-18(17)30-28-13-3-5-14(6-4-13)32(35)36)31-29-16-8-7-15-21(44(37,38)39)11-22(45(40,41)42)24(26)23(15)25(16)34;;/h3-11,34H,26H2,1-2H3,(H,27,33)(H,37,38,39)(H,40,41,42);;/q;2*+1/p-2. The zero-order valence-electron chi connectivity index (χ0n) is 24.9. The van der Waals surface area contributed by atoms with Crippen LogP contribution in [0.4, 0.5) is 39.8 Å². The minimum atomic E-state index is -5.39. The van der Waals surface area contributed by atoms with Gasteiger partial charge in [0.1, 0.15) is 43.0 Å². The minimum absolute atomic E-state index is 0. The third-order valence-corrected chi connectivity index (χ3v) is 7.72. The van der Waals surface area contributed by atoms with Crippen LogP contribution in [-0.4, -0.2) is 49.0 Å². The van der Waals surface area contributed by atoms with Crippen molar-refractivity contribution in [3.05, 3.63) is 64.7 Å². The van der Waals surface area contributed by atoms with E-state index in [0.29, 0.717) is 6.07 Å². The Kier molecular flexibility index (Phi) is 12.4. The van der Waals surface area contributed by atoms with E-state index < -0.39 is 68.8 Å². The number of nitro groups is 1. The molecule has 0 spiro atoms. The van der Waals surface area contributed by atoms with Gasteiger partial charge >= 0.3 is 37.7 Å². The van der Waals surface area contributed by atoms with Gasteiger partial charge in [0.2, 0.25) is 5.91 Å². The first-order chi connectivity index (χ1) is 21.0. The molecule has 1 amide bonds. The number of nitrogens with two attached hydrogens (primary N) is 1. The van der Waals surface area contributed by atoms with Gasteiger partial charge in [0.25, 0.3) is 5.69 Å². The number of ether oxygens (including phenoxy) is 1. The number of rotatable bonds is 9. The fraction of sp³-hybridized carbons (Fsp3) is 0.0800. The van der Waals surface area contributed by atoms with E-state index in [1.165, 1.54) is 50.4 Å². The summed E-state index contributed by atoms with van der Waals surface area (Å²) in [4.78, 5) is 19.8. The number of benzene rings is 4. The molecule has 0 aromatic heterocycles. The van der Waals surface area contributed by atoms with Gasteiger partial charge in [0, 0.05) is 30.5 Å². The van der Waals surface area contributed by atoms with E-state index in [1.54, 1.807) is 0 Å². The number of carbonyl (C=O) groups is 1. The van der Waals surface area contributed by atoms with Gasteiger partial charge in [-0.1, -0.05) is 6.07 Å². The van der Waals surface area contributed by atoms with Crippen molar-refractivity contribution >= 4 is 76.7 Å². The Bertz CT molecular complexity index is 2160. The van der Waals surface area contributed by atoms with Crippen LogP contribution in [0.2, 0.25) is 0 Å². The molecule has 4 rings (SSSR count). The summed E-state index contributed by atoms with van der Waals surface area (Å²) < 4.78 is 75.9. The van der Waals surface area contributed by atoms with Crippen LogP contribution in [-0.2, 0) is 25.0 Å². The summed E-state index contributed by atoms with van der Waals surface area (Å²) in [6, 6.07) is 10.1. The molecule has 18 nitrogen and oxygen atoms in total. The van der Waals surface area contributed by atoms with Crippen molar-refractivity contribution in [2.75, 3.05) is 18.2 Å². The Hall–Kier alpha value is -4.38. The quantitative estimate of drug-likeness (QED) is 0.0465. The normalized spacial score (nSPS) is 11.7. The van der Waals surface area contributed by atoms with Gasteiger partial charge in [-0.15, -0.1) is 15.3 Å². The van der Waals surface area contributed by atoms with E-state index in [0.717, 1.165) is 12.1 Å². The molecule has 0 saturated heterocycles. The van der Waals surface area contributed by atoms with Crippen LogP contribution in [0.1, 0.15) is 6.92 Å². The van der Waals surface area contributed by atoms with Crippen molar-refractivity contribution in [3.63, 3.8) is 0 Å². The Morgan fingerprint density at radius 2 is 1.45 bits per heavy atom. The maximum Gasteiger partial charge on any atom is 1.00 e. The average molecular weight is 671 g/mol. The van der Waals surface area contributed by atoms with Crippen LogP contribution in [0.3, 0.4) is 0 Å². The van der Waals surface area contributed by atoms with E-state index in [1.807, 2.05) is 0 Å². The molecule has 0 saturated carbocycles. The Morgan fingerprint density at radius 3 is 1.98 bits per heavy atom. The van der Waals surface area contributed by atoms with Crippen LogP contribution < -0.4 is 53.5 Å². The van der Waals surface area contributed by atoms with Crippen LogP contribution in [0.5, 0.6) is 11.5 Å². The van der Waals surface area contributed by atoms with Gasteiger partial charge in [-0.3, -0.25) is 14.9 Å². The number of anilines is 2. The van der Waals surface area contributed by atoms with Gasteiger partial charge in [-0.25, -0.2) is 16.8 Å². The molecule has 0 bridgehead atoms. The molecule has 47 heavy (non-hydrogen) atoms. The summed E-state index contributed by atoms with van der Waals surface area (Å²) in [6.07, 6.45) is 0. The SMILES string of the molecule is COc1cc(N=Nc2ccc([N+](=O)[O-])cc2)c(NC(C)=O)cc1N=Nc1ccc2c(S(=O)(=O)[O-])cc(S(=O)(=O)[O-])c(N)c2c1O.[Li+].[Li+]. The maximum absolute atomic E-state index is 11.9. The zero-order chi connectivity index (χ0) is 33.3. The molecule has 0 fully saturated rings. The van der Waals surface area contributed by atoms with Crippen molar-refractivity contribution in [3.8, 4) is 11.5 Å². The molecule has 4 aromatic rings. The monoisotopic (exact) mass is 671 g/mol. The fourth-order valence-electron chi connectivity index (χ4n) is 3.98. The van der Waals surface area contributed by atoms with Gasteiger partial charge in [-0.2, -0.15) is 5.11 Å². The average Bonchev–Trinajstić information content (AvgIpc) is 2.94. The number of fused-ring (bicyclic) bond motifs is 1. The molecule has 0 atom stereocenters. The Labute approximate surface area is 290 Å².